The molecule has 26 heavy (non-hydrogen) atoms. The molecule has 130 valence electrons. The summed E-state index contributed by atoms with van der Waals surface area (Å²) in [5.74, 6) is 0.980. The molecule has 3 heterocycles. The van der Waals surface area contributed by atoms with Crippen LogP contribution in [0.25, 0.3) is 10.9 Å². The maximum Gasteiger partial charge on any atom is 0.257 e. The van der Waals surface area contributed by atoms with Crippen LogP contribution in [-0.2, 0) is 7.05 Å². The fourth-order valence-electron chi connectivity index (χ4n) is 3.36. The zero-order valence-electron chi connectivity index (χ0n) is 14.5. The number of hydrogen-bond donors (Lipinski definition) is 0. The second kappa shape index (κ2) is 6.52. The van der Waals surface area contributed by atoms with Crippen LogP contribution in [0.15, 0.2) is 42.7 Å². The predicted octanol–water partition coefficient (Wildman–Crippen LogP) is 3.47. The van der Waals surface area contributed by atoms with Gasteiger partial charge in [0.05, 0.1) is 28.1 Å². The van der Waals surface area contributed by atoms with Gasteiger partial charge in [0.15, 0.2) is 0 Å². The molecule has 3 aromatic rings. The predicted molar refractivity (Wildman–Crippen MR) is 97.1 cm³/mol. The zero-order chi connectivity index (χ0) is 18.1. The average molecular weight is 346 g/mol. The van der Waals surface area contributed by atoms with Crippen molar-refractivity contribution in [1.82, 2.24) is 14.5 Å². The van der Waals surface area contributed by atoms with Crippen LogP contribution in [0.1, 0.15) is 28.8 Å². The Morgan fingerprint density at radius 1 is 1.27 bits per heavy atom. The summed E-state index contributed by atoms with van der Waals surface area (Å²) in [4.78, 5) is 19.1. The zero-order valence-corrected chi connectivity index (χ0v) is 14.5. The summed E-state index contributed by atoms with van der Waals surface area (Å²) in [5, 5.41) is 9.82. The molecule has 1 amide bonds. The molecule has 1 fully saturated rings. The second-order valence-corrected chi connectivity index (χ2v) is 6.41. The molecule has 0 spiro atoms. The molecule has 0 aliphatic carbocycles. The summed E-state index contributed by atoms with van der Waals surface area (Å²) in [7, 11) is 1.91. The first kappa shape index (κ1) is 16.2. The van der Waals surface area contributed by atoms with E-state index in [1.807, 2.05) is 28.8 Å². The molecule has 0 atom stereocenters. The molecular formula is C20H18N4O2. The molecule has 0 radical (unpaired) electrons. The molecule has 1 aromatic carbocycles. The Bertz CT molecular complexity index is 1030. The van der Waals surface area contributed by atoms with Gasteiger partial charge >= 0.3 is 0 Å². The van der Waals surface area contributed by atoms with Gasteiger partial charge in [-0.25, -0.2) is 4.98 Å². The van der Waals surface area contributed by atoms with Crippen LogP contribution < -0.4 is 4.74 Å². The summed E-state index contributed by atoms with van der Waals surface area (Å²) in [6, 6.07) is 10.9. The molecule has 1 saturated heterocycles. The van der Waals surface area contributed by atoms with Gasteiger partial charge in [-0.15, -0.1) is 0 Å². The number of carbonyl (C=O) groups is 1. The van der Waals surface area contributed by atoms with Gasteiger partial charge in [-0.2, -0.15) is 5.26 Å². The Labute approximate surface area is 151 Å². The highest BCUT2D eigenvalue weighted by molar-refractivity contribution is 6.06. The maximum absolute atomic E-state index is 12.9. The standard InChI is InChI=1S/C20H18N4O2/c1-23-10-7-16-18(23)17(20(25)24-8-2-3-9-24)13-22-19(16)26-15-6-4-5-14(11-15)12-21/h4-7,10-11,13H,2-3,8-9H2,1H3. The van der Waals surface area contributed by atoms with E-state index in [0.29, 0.717) is 22.8 Å². The van der Waals surface area contributed by atoms with Crippen LogP contribution in [0.3, 0.4) is 0 Å². The molecule has 0 unspecified atom stereocenters. The lowest BCUT2D eigenvalue weighted by Gasteiger charge is -2.17. The van der Waals surface area contributed by atoms with Crippen molar-refractivity contribution in [3.8, 4) is 17.7 Å². The summed E-state index contributed by atoms with van der Waals surface area (Å²) in [6.07, 6.45) is 5.58. The Balaban J connectivity index is 1.75. The highest BCUT2D eigenvalue weighted by atomic mass is 16.5. The number of hydrogen-bond acceptors (Lipinski definition) is 4. The topological polar surface area (TPSA) is 71.1 Å². The Hall–Kier alpha value is -3.33. The Morgan fingerprint density at radius 3 is 2.85 bits per heavy atom. The largest absolute Gasteiger partial charge is 0.438 e. The van der Waals surface area contributed by atoms with E-state index in [4.69, 9.17) is 10.00 Å². The Kier molecular flexibility index (Phi) is 4.05. The number of likely N-dealkylation sites (tertiary alicyclic amines) is 1. The van der Waals surface area contributed by atoms with Crippen LogP contribution in [0.5, 0.6) is 11.6 Å². The van der Waals surface area contributed by atoms with Gasteiger partial charge in [-0.3, -0.25) is 4.79 Å². The third-order valence-corrected chi connectivity index (χ3v) is 4.67. The van der Waals surface area contributed by atoms with Gasteiger partial charge in [-0.1, -0.05) is 6.07 Å². The van der Waals surface area contributed by atoms with Crippen LogP contribution in [0.4, 0.5) is 0 Å². The average Bonchev–Trinajstić information content (AvgIpc) is 3.32. The van der Waals surface area contributed by atoms with Crippen LogP contribution in [0, 0.1) is 11.3 Å². The number of nitriles is 1. The quantitative estimate of drug-likeness (QED) is 0.728. The van der Waals surface area contributed by atoms with E-state index in [9.17, 15) is 4.79 Å². The van der Waals surface area contributed by atoms with E-state index < -0.39 is 0 Å². The molecule has 2 aromatic heterocycles. The van der Waals surface area contributed by atoms with E-state index in [2.05, 4.69) is 11.1 Å². The lowest BCUT2D eigenvalue weighted by atomic mass is 10.2. The number of amides is 1. The Morgan fingerprint density at radius 2 is 2.08 bits per heavy atom. The number of benzene rings is 1. The van der Waals surface area contributed by atoms with Gasteiger partial charge in [0.25, 0.3) is 5.91 Å². The monoisotopic (exact) mass is 346 g/mol. The lowest BCUT2D eigenvalue weighted by molar-refractivity contribution is 0.0794. The van der Waals surface area contributed by atoms with E-state index >= 15 is 0 Å². The second-order valence-electron chi connectivity index (χ2n) is 6.41. The van der Waals surface area contributed by atoms with Crippen LogP contribution >= 0.6 is 0 Å². The number of aryl methyl sites for hydroxylation is 1. The van der Waals surface area contributed by atoms with Crippen molar-refractivity contribution >= 4 is 16.8 Å². The van der Waals surface area contributed by atoms with Gasteiger partial charge < -0.3 is 14.2 Å². The number of rotatable bonds is 3. The molecular weight excluding hydrogens is 328 g/mol. The van der Waals surface area contributed by atoms with Crippen molar-refractivity contribution in [2.75, 3.05) is 13.1 Å². The van der Waals surface area contributed by atoms with E-state index in [-0.39, 0.29) is 5.91 Å². The number of carbonyl (C=O) groups excluding carboxylic acids is 1. The molecule has 1 aliphatic heterocycles. The number of fused-ring (bicyclic) bond motifs is 1. The van der Waals surface area contributed by atoms with Crippen molar-refractivity contribution < 1.29 is 9.53 Å². The third kappa shape index (κ3) is 2.78. The summed E-state index contributed by atoms with van der Waals surface area (Å²) in [6.45, 7) is 1.59. The van der Waals surface area contributed by atoms with Gasteiger partial charge in [0.1, 0.15) is 5.75 Å². The van der Waals surface area contributed by atoms with Crippen molar-refractivity contribution in [2.45, 2.75) is 12.8 Å². The summed E-state index contributed by atoms with van der Waals surface area (Å²) < 4.78 is 7.82. The van der Waals surface area contributed by atoms with E-state index in [0.717, 1.165) is 36.8 Å². The van der Waals surface area contributed by atoms with E-state index in [1.54, 1.807) is 30.5 Å². The van der Waals surface area contributed by atoms with Crippen LogP contribution in [0.2, 0.25) is 0 Å². The van der Waals surface area contributed by atoms with Gasteiger partial charge in [0, 0.05) is 32.5 Å². The molecule has 0 saturated carbocycles. The minimum absolute atomic E-state index is 0.0137. The first-order chi connectivity index (χ1) is 12.7. The first-order valence-corrected chi connectivity index (χ1v) is 8.58. The summed E-state index contributed by atoms with van der Waals surface area (Å²) in [5.41, 5.74) is 1.92. The minimum atomic E-state index is 0.0137. The molecule has 0 bridgehead atoms. The fourth-order valence-corrected chi connectivity index (χ4v) is 3.36. The molecule has 6 heteroatoms. The highest BCUT2D eigenvalue weighted by Gasteiger charge is 2.24. The SMILES string of the molecule is Cn1ccc2c(Oc3cccc(C#N)c3)ncc(C(=O)N3CCCC3)c21. The smallest absolute Gasteiger partial charge is 0.257 e. The minimum Gasteiger partial charge on any atom is -0.438 e. The number of pyridine rings is 1. The molecule has 0 N–H and O–H groups in total. The van der Waals surface area contributed by atoms with Crippen molar-refractivity contribution in [1.29, 1.82) is 5.26 Å². The molecule has 1 aliphatic rings. The van der Waals surface area contributed by atoms with Gasteiger partial charge in [0.2, 0.25) is 5.88 Å². The molecule has 6 nitrogen and oxygen atoms in total. The van der Waals surface area contributed by atoms with Gasteiger partial charge in [-0.05, 0) is 37.1 Å². The van der Waals surface area contributed by atoms with Crippen molar-refractivity contribution in [2.24, 2.45) is 7.05 Å². The van der Waals surface area contributed by atoms with Crippen LogP contribution in [-0.4, -0.2) is 33.4 Å². The van der Waals surface area contributed by atoms with Crippen molar-refractivity contribution in [3.05, 3.63) is 53.9 Å². The fraction of sp³-hybridized carbons (Fsp3) is 0.250. The van der Waals surface area contributed by atoms with Crippen molar-refractivity contribution in [3.63, 3.8) is 0 Å². The number of aromatic nitrogens is 2. The number of nitrogens with zero attached hydrogens (tertiary/aromatic N) is 4. The molecule has 4 rings (SSSR count). The third-order valence-electron chi connectivity index (χ3n) is 4.67. The maximum atomic E-state index is 12.9. The van der Waals surface area contributed by atoms with E-state index in [1.165, 1.54) is 0 Å². The first-order valence-electron chi connectivity index (χ1n) is 8.58. The highest BCUT2D eigenvalue weighted by Crippen LogP contribution is 2.31. The summed E-state index contributed by atoms with van der Waals surface area (Å²) >= 11 is 0. The normalized spacial score (nSPS) is 13.8. The number of ether oxygens (including phenoxy) is 1. The lowest BCUT2D eigenvalue weighted by Crippen LogP contribution is -2.28.